The van der Waals surface area contributed by atoms with E-state index in [2.05, 4.69) is 17.5 Å². The van der Waals surface area contributed by atoms with Gasteiger partial charge in [-0.25, -0.2) is 4.79 Å². The van der Waals surface area contributed by atoms with Gasteiger partial charge < -0.3 is 23.3 Å². The van der Waals surface area contributed by atoms with E-state index in [0.717, 1.165) is 12.8 Å². The van der Waals surface area contributed by atoms with Crippen LogP contribution in [0.4, 0.5) is 4.79 Å². The summed E-state index contributed by atoms with van der Waals surface area (Å²) in [6, 6.07) is 0.694. The molecule has 0 spiro atoms. The Morgan fingerprint density at radius 2 is 1.76 bits per heavy atom. The van der Waals surface area contributed by atoms with E-state index in [0.29, 0.717) is 56.8 Å². The molecule has 0 saturated heterocycles. The Morgan fingerprint density at radius 3 is 2.28 bits per heavy atom. The van der Waals surface area contributed by atoms with Crippen LogP contribution in [-0.2, 0) is 18.0 Å². The normalized spacial score (nSPS) is 24.7. The molecular weight excluding hydrogens is 338 g/mol. The lowest BCUT2D eigenvalue weighted by atomic mass is 9.95. The quantitative estimate of drug-likeness (QED) is 0.324. The van der Waals surface area contributed by atoms with Gasteiger partial charge in [0.2, 0.25) is 0 Å². The molecule has 6 nitrogen and oxygen atoms in total. The average Bonchev–Trinajstić information content (AvgIpc) is 3.21. The molecule has 2 rings (SSSR count). The lowest BCUT2D eigenvalue weighted by Crippen LogP contribution is -2.46. The maximum Gasteiger partial charge on any atom is 0.500 e. The summed E-state index contributed by atoms with van der Waals surface area (Å²) in [5.74, 6) is 1.80. The predicted molar refractivity (Wildman–Crippen MR) is 98.3 cm³/mol. The molecule has 0 aliphatic heterocycles. The molecule has 1 N–H and O–H groups in total. The fourth-order valence-corrected chi connectivity index (χ4v) is 6.43. The smallest absolute Gasteiger partial charge is 0.449 e. The van der Waals surface area contributed by atoms with Crippen LogP contribution in [0.1, 0.15) is 40.0 Å². The monoisotopic (exact) mass is 371 g/mol. The van der Waals surface area contributed by atoms with Crippen LogP contribution in [-0.4, -0.2) is 47.9 Å². The molecule has 2 bridgehead atoms. The molecule has 1 saturated carbocycles. The van der Waals surface area contributed by atoms with Crippen molar-refractivity contribution in [3.63, 3.8) is 0 Å². The van der Waals surface area contributed by atoms with Gasteiger partial charge in [0.25, 0.3) is 0 Å². The first-order chi connectivity index (χ1) is 12.1. The highest BCUT2D eigenvalue weighted by atomic mass is 28.4. The minimum Gasteiger partial charge on any atom is -0.449 e. The van der Waals surface area contributed by atoms with E-state index < -0.39 is 8.80 Å². The highest BCUT2D eigenvalue weighted by molar-refractivity contribution is 6.60. The average molecular weight is 372 g/mol. The third-order valence-corrected chi connectivity index (χ3v) is 8.02. The number of alkyl carbamates (subject to hydrolysis) is 1. The maximum absolute atomic E-state index is 11.9. The minimum absolute atomic E-state index is 0.330. The van der Waals surface area contributed by atoms with Crippen molar-refractivity contribution in [2.24, 2.45) is 17.8 Å². The number of ether oxygens (including phenoxy) is 1. The van der Waals surface area contributed by atoms with Crippen LogP contribution in [0.2, 0.25) is 6.04 Å². The fourth-order valence-electron chi connectivity index (χ4n) is 3.82. The first kappa shape index (κ1) is 20.4. The van der Waals surface area contributed by atoms with E-state index in [1.165, 1.54) is 6.42 Å². The Balaban J connectivity index is 1.63. The van der Waals surface area contributed by atoms with Crippen molar-refractivity contribution in [3.05, 3.63) is 12.2 Å². The lowest BCUT2D eigenvalue weighted by molar-refractivity contribution is 0.0705. The molecule has 7 heteroatoms. The zero-order valence-electron chi connectivity index (χ0n) is 15.8. The summed E-state index contributed by atoms with van der Waals surface area (Å²) in [6.45, 7) is 8.60. The molecule has 3 unspecified atom stereocenters. The Bertz CT molecular complexity index is 428. The van der Waals surface area contributed by atoms with Gasteiger partial charge in [-0.05, 0) is 51.9 Å². The summed E-state index contributed by atoms with van der Waals surface area (Å²) in [5, 5.41) is 2.83. The minimum atomic E-state index is -2.62. The fraction of sp³-hybridized carbons (Fsp3) is 0.833. The van der Waals surface area contributed by atoms with E-state index in [1.807, 2.05) is 20.8 Å². The Hall–Kier alpha value is -0.893. The summed E-state index contributed by atoms with van der Waals surface area (Å²) >= 11 is 0. The molecule has 1 fully saturated rings. The van der Waals surface area contributed by atoms with Crippen LogP contribution in [0, 0.1) is 17.8 Å². The second-order valence-corrected chi connectivity index (χ2v) is 9.38. The van der Waals surface area contributed by atoms with Crippen molar-refractivity contribution in [1.29, 1.82) is 0 Å². The molecular formula is C18H33NO5Si. The second-order valence-electron chi connectivity index (χ2n) is 6.65. The first-order valence-electron chi connectivity index (χ1n) is 9.63. The number of hydrogen-bond acceptors (Lipinski definition) is 5. The lowest BCUT2D eigenvalue weighted by Gasteiger charge is -2.28. The van der Waals surface area contributed by atoms with E-state index >= 15 is 0 Å². The van der Waals surface area contributed by atoms with Gasteiger partial charge >= 0.3 is 14.9 Å². The van der Waals surface area contributed by atoms with Crippen LogP contribution >= 0.6 is 0 Å². The number of carbonyl (C=O) groups excluding carboxylic acids is 1. The number of rotatable bonds is 12. The summed E-state index contributed by atoms with van der Waals surface area (Å²) in [6.07, 6.45) is 7.38. The number of carbonyl (C=O) groups is 1. The highest BCUT2D eigenvalue weighted by Gasteiger charge is 2.39. The first-order valence-corrected chi connectivity index (χ1v) is 11.6. The predicted octanol–water partition coefficient (Wildman–Crippen LogP) is 3.36. The molecule has 0 aromatic heterocycles. The molecule has 0 aromatic carbocycles. The summed E-state index contributed by atoms with van der Waals surface area (Å²) in [5.41, 5.74) is 0. The Morgan fingerprint density at radius 1 is 1.08 bits per heavy atom. The number of amides is 1. The zero-order chi connectivity index (χ0) is 18.1. The van der Waals surface area contributed by atoms with E-state index in [9.17, 15) is 4.79 Å². The molecule has 1 amide bonds. The van der Waals surface area contributed by atoms with Gasteiger partial charge in [-0.3, -0.25) is 0 Å². The van der Waals surface area contributed by atoms with E-state index in [1.54, 1.807) is 0 Å². The van der Waals surface area contributed by atoms with Crippen molar-refractivity contribution in [2.75, 3.05) is 33.0 Å². The molecule has 25 heavy (non-hydrogen) atoms. The summed E-state index contributed by atoms with van der Waals surface area (Å²) in [4.78, 5) is 11.9. The molecule has 0 heterocycles. The van der Waals surface area contributed by atoms with Crippen molar-refractivity contribution >= 4 is 14.9 Å². The number of nitrogens with one attached hydrogen (secondary N) is 1. The van der Waals surface area contributed by atoms with Gasteiger partial charge in [-0.15, -0.1) is 0 Å². The summed E-state index contributed by atoms with van der Waals surface area (Å²) < 4.78 is 22.8. The van der Waals surface area contributed by atoms with Crippen LogP contribution in [0.3, 0.4) is 0 Å². The van der Waals surface area contributed by atoms with E-state index in [4.69, 9.17) is 18.0 Å². The van der Waals surface area contributed by atoms with Gasteiger partial charge in [0.15, 0.2) is 0 Å². The Kier molecular flexibility index (Phi) is 8.42. The number of fused-ring (bicyclic) bond motifs is 2. The van der Waals surface area contributed by atoms with Crippen molar-refractivity contribution in [2.45, 2.75) is 46.1 Å². The highest BCUT2D eigenvalue weighted by Crippen LogP contribution is 2.43. The van der Waals surface area contributed by atoms with Crippen LogP contribution in [0.5, 0.6) is 0 Å². The maximum atomic E-state index is 11.9. The molecule has 2 aliphatic rings. The number of hydrogen-bond donors (Lipinski definition) is 1. The van der Waals surface area contributed by atoms with Crippen molar-refractivity contribution in [1.82, 2.24) is 5.32 Å². The van der Waals surface area contributed by atoms with Gasteiger partial charge in [0, 0.05) is 38.3 Å². The second kappa shape index (κ2) is 10.3. The van der Waals surface area contributed by atoms with Gasteiger partial charge in [0.1, 0.15) is 0 Å². The van der Waals surface area contributed by atoms with Gasteiger partial charge in [-0.2, -0.15) is 0 Å². The Labute approximate surface area is 152 Å². The van der Waals surface area contributed by atoms with Crippen LogP contribution < -0.4 is 5.32 Å². The summed E-state index contributed by atoms with van der Waals surface area (Å²) in [7, 11) is -2.62. The molecule has 0 radical (unpaired) electrons. The molecule has 0 aromatic rings. The molecule has 144 valence electrons. The molecule has 2 aliphatic carbocycles. The van der Waals surface area contributed by atoms with Gasteiger partial charge in [0.05, 0.1) is 6.61 Å². The SMILES string of the molecule is CCO[Si](CCCNC(=O)OCC1CC2C=CC1C2)(OCC)OCC. The largest absolute Gasteiger partial charge is 0.500 e. The third kappa shape index (κ3) is 6.09. The van der Waals surface area contributed by atoms with Crippen molar-refractivity contribution < 1.29 is 22.8 Å². The standard InChI is InChI=1S/C18H33NO5Si/c1-4-22-25(23-5-2,24-6-3)11-7-10-19-18(20)21-14-17-13-15-8-9-16(17)12-15/h8-9,15-17H,4-7,10-14H2,1-3H3,(H,19,20). The van der Waals surface area contributed by atoms with Crippen LogP contribution in [0.25, 0.3) is 0 Å². The zero-order valence-corrected chi connectivity index (χ0v) is 16.8. The number of allylic oxidation sites excluding steroid dienone is 2. The van der Waals surface area contributed by atoms with Gasteiger partial charge in [-0.1, -0.05) is 12.2 Å². The third-order valence-electron chi connectivity index (χ3n) is 4.87. The van der Waals surface area contributed by atoms with Crippen LogP contribution in [0.15, 0.2) is 12.2 Å². The van der Waals surface area contributed by atoms with Crippen molar-refractivity contribution in [3.8, 4) is 0 Å². The van der Waals surface area contributed by atoms with E-state index in [-0.39, 0.29) is 6.09 Å². The topological polar surface area (TPSA) is 66.0 Å². The molecule has 3 atom stereocenters.